The fourth-order valence-corrected chi connectivity index (χ4v) is 2.40. The van der Waals surface area contributed by atoms with Gasteiger partial charge in [-0.15, -0.1) is 0 Å². The maximum Gasteiger partial charge on any atom is 0.256 e. The molecule has 2 aromatic rings. The molecular formula is C20H29N3O2. The molecule has 0 fully saturated rings. The minimum atomic E-state index is -0.203. The third-order valence-corrected chi connectivity index (χ3v) is 3.79. The van der Waals surface area contributed by atoms with Gasteiger partial charge in [0.1, 0.15) is 11.6 Å². The van der Waals surface area contributed by atoms with Crippen LogP contribution in [0.1, 0.15) is 57.1 Å². The number of nitrogens with one attached hydrogen (secondary N) is 1. The van der Waals surface area contributed by atoms with Crippen LogP contribution in [-0.4, -0.2) is 22.3 Å². The van der Waals surface area contributed by atoms with Crippen molar-refractivity contribution in [1.82, 2.24) is 9.78 Å². The van der Waals surface area contributed by atoms with Crippen molar-refractivity contribution in [2.75, 3.05) is 11.9 Å². The fourth-order valence-electron chi connectivity index (χ4n) is 2.40. The maximum atomic E-state index is 12.5. The second kappa shape index (κ2) is 7.72. The minimum Gasteiger partial charge on any atom is -0.494 e. The molecule has 5 nitrogen and oxygen atoms in total. The highest BCUT2D eigenvalue weighted by Crippen LogP contribution is 2.22. The standard InChI is InChI=1S/C20H29N3O2/c1-14(2)11-12-25-17-9-7-16(8-10-17)19(24)21-18-13-15(3)22-23(18)20(4,5)6/h7-10,13-14H,11-12H2,1-6H3,(H,21,24). The normalized spacial score (nSPS) is 11.6. The number of ether oxygens (including phenoxy) is 1. The molecule has 0 atom stereocenters. The Balaban J connectivity index is 2.04. The Kier molecular flexibility index (Phi) is 5.88. The van der Waals surface area contributed by atoms with Gasteiger partial charge in [0, 0.05) is 11.6 Å². The van der Waals surface area contributed by atoms with Gasteiger partial charge in [0.15, 0.2) is 0 Å². The number of amides is 1. The lowest BCUT2D eigenvalue weighted by Gasteiger charge is -2.22. The molecule has 0 aliphatic carbocycles. The zero-order valence-corrected chi connectivity index (χ0v) is 16.1. The molecule has 1 amide bonds. The minimum absolute atomic E-state index is 0.154. The van der Waals surface area contributed by atoms with E-state index < -0.39 is 0 Å². The fraction of sp³-hybridized carbons (Fsp3) is 0.500. The van der Waals surface area contributed by atoms with Crippen LogP contribution in [0.15, 0.2) is 30.3 Å². The highest BCUT2D eigenvalue weighted by atomic mass is 16.5. The molecule has 2 rings (SSSR count). The molecule has 136 valence electrons. The number of aryl methyl sites for hydroxylation is 1. The van der Waals surface area contributed by atoms with E-state index in [2.05, 4.69) is 45.0 Å². The van der Waals surface area contributed by atoms with E-state index in [0.29, 0.717) is 23.9 Å². The number of anilines is 1. The number of carbonyl (C=O) groups excluding carboxylic acids is 1. The van der Waals surface area contributed by atoms with Crippen LogP contribution in [0.4, 0.5) is 5.82 Å². The first kappa shape index (κ1) is 19.0. The number of hydrogen-bond acceptors (Lipinski definition) is 3. The highest BCUT2D eigenvalue weighted by Gasteiger charge is 2.20. The molecule has 0 saturated heterocycles. The molecule has 0 aliphatic heterocycles. The lowest BCUT2D eigenvalue weighted by molar-refractivity contribution is 0.102. The average molecular weight is 343 g/mol. The number of rotatable bonds is 6. The SMILES string of the molecule is Cc1cc(NC(=O)c2ccc(OCCC(C)C)cc2)n(C(C)(C)C)n1. The van der Waals surface area contributed by atoms with Crippen LogP contribution in [-0.2, 0) is 5.54 Å². The van der Waals surface area contributed by atoms with E-state index in [1.807, 2.05) is 29.8 Å². The van der Waals surface area contributed by atoms with Crippen molar-refractivity contribution >= 4 is 11.7 Å². The van der Waals surface area contributed by atoms with Crippen LogP contribution in [0.5, 0.6) is 5.75 Å². The Labute approximate surface area is 150 Å². The van der Waals surface area contributed by atoms with E-state index in [9.17, 15) is 4.79 Å². The number of carbonyl (C=O) groups is 1. The highest BCUT2D eigenvalue weighted by molar-refractivity contribution is 6.03. The van der Waals surface area contributed by atoms with Crippen molar-refractivity contribution in [2.45, 2.75) is 53.5 Å². The Morgan fingerprint density at radius 2 is 1.88 bits per heavy atom. The van der Waals surface area contributed by atoms with Gasteiger partial charge >= 0.3 is 0 Å². The molecule has 5 heteroatoms. The van der Waals surface area contributed by atoms with Gasteiger partial charge in [0.2, 0.25) is 0 Å². The predicted octanol–water partition coefficient (Wildman–Crippen LogP) is 4.62. The summed E-state index contributed by atoms with van der Waals surface area (Å²) in [5.41, 5.74) is 1.26. The summed E-state index contributed by atoms with van der Waals surface area (Å²) in [5.74, 6) is 1.94. The van der Waals surface area contributed by atoms with Gasteiger partial charge in [-0.3, -0.25) is 4.79 Å². The first-order valence-corrected chi connectivity index (χ1v) is 8.78. The van der Waals surface area contributed by atoms with Crippen LogP contribution in [0.2, 0.25) is 0 Å². The van der Waals surface area contributed by atoms with Crippen LogP contribution < -0.4 is 10.1 Å². The van der Waals surface area contributed by atoms with Crippen LogP contribution in [0.25, 0.3) is 0 Å². The van der Waals surface area contributed by atoms with Crippen molar-refractivity contribution in [1.29, 1.82) is 0 Å². The maximum absolute atomic E-state index is 12.5. The molecule has 0 aliphatic rings. The summed E-state index contributed by atoms with van der Waals surface area (Å²) < 4.78 is 7.53. The average Bonchev–Trinajstić information content (AvgIpc) is 2.88. The summed E-state index contributed by atoms with van der Waals surface area (Å²) in [7, 11) is 0. The summed E-state index contributed by atoms with van der Waals surface area (Å²) in [5, 5.41) is 7.43. The lowest BCUT2D eigenvalue weighted by atomic mass is 10.1. The Hall–Kier alpha value is -2.30. The molecule has 1 N–H and O–H groups in total. The van der Waals surface area contributed by atoms with E-state index in [0.717, 1.165) is 17.9 Å². The van der Waals surface area contributed by atoms with Crippen LogP contribution in [0.3, 0.4) is 0 Å². The van der Waals surface area contributed by atoms with Gasteiger partial charge < -0.3 is 10.1 Å². The first-order chi connectivity index (χ1) is 11.7. The van der Waals surface area contributed by atoms with Crippen molar-refractivity contribution in [3.63, 3.8) is 0 Å². The third-order valence-electron chi connectivity index (χ3n) is 3.79. The van der Waals surface area contributed by atoms with Crippen molar-refractivity contribution < 1.29 is 9.53 Å². The predicted molar refractivity (Wildman–Crippen MR) is 101 cm³/mol. The van der Waals surface area contributed by atoms with E-state index >= 15 is 0 Å². The van der Waals surface area contributed by atoms with Gasteiger partial charge in [-0.1, -0.05) is 13.8 Å². The van der Waals surface area contributed by atoms with Crippen molar-refractivity contribution in [3.8, 4) is 5.75 Å². The van der Waals surface area contributed by atoms with Gasteiger partial charge in [-0.25, -0.2) is 4.68 Å². The van der Waals surface area contributed by atoms with Gasteiger partial charge in [0.05, 0.1) is 17.8 Å². The third kappa shape index (κ3) is 5.34. The Morgan fingerprint density at radius 3 is 2.44 bits per heavy atom. The van der Waals surface area contributed by atoms with Crippen molar-refractivity contribution in [2.24, 2.45) is 5.92 Å². The molecule has 1 aromatic carbocycles. The van der Waals surface area contributed by atoms with Gasteiger partial charge in [0.25, 0.3) is 5.91 Å². The van der Waals surface area contributed by atoms with E-state index in [-0.39, 0.29) is 11.4 Å². The zero-order valence-electron chi connectivity index (χ0n) is 16.1. The largest absolute Gasteiger partial charge is 0.494 e. The molecule has 0 saturated carbocycles. The molecule has 0 unspecified atom stereocenters. The molecule has 0 bridgehead atoms. The summed E-state index contributed by atoms with van der Waals surface area (Å²) in [6, 6.07) is 9.12. The topological polar surface area (TPSA) is 56.1 Å². The van der Waals surface area contributed by atoms with Crippen LogP contribution >= 0.6 is 0 Å². The van der Waals surface area contributed by atoms with E-state index in [1.165, 1.54) is 0 Å². The van der Waals surface area contributed by atoms with E-state index in [1.54, 1.807) is 12.1 Å². The van der Waals surface area contributed by atoms with Gasteiger partial charge in [-0.2, -0.15) is 5.10 Å². The number of nitrogens with zero attached hydrogens (tertiary/aromatic N) is 2. The van der Waals surface area contributed by atoms with E-state index in [4.69, 9.17) is 4.74 Å². The molecule has 25 heavy (non-hydrogen) atoms. The Morgan fingerprint density at radius 1 is 1.24 bits per heavy atom. The summed E-state index contributed by atoms with van der Waals surface area (Å²) in [6.07, 6.45) is 1.01. The van der Waals surface area contributed by atoms with Crippen molar-refractivity contribution in [3.05, 3.63) is 41.6 Å². The monoisotopic (exact) mass is 343 g/mol. The molecule has 1 heterocycles. The second-order valence-electron chi connectivity index (χ2n) is 7.76. The number of benzene rings is 1. The number of aromatic nitrogens is 2. The lowest BCUT2D eigenvalue weighted by Crippen LogP contribution is -2.26. The molecule has 0 radical (unpaired) electrons. The molecular weight excluding hydrogens is 314 g/mol. The quantitative estimate of drug-likeness (QED) is 0.832. The first-order valence-electron chi connectivity index (χ1n) is 8.78. The van der Waals surface area contributed by atoms with Gasteiger partial charge in [-0.05, 0) is 64.3 Å². The van der Waals surface area contributed by atoms with Crippen LogP contribution in [0, 0.1) is 12.8 Å². The molecule has 0 spiro atoms. The summed E-state index contributed by atoms with van der Waals surface area (Å²) in [4.78, 5) is 12.5. The Bertz CT molecular complexity index is 710. The smallest absolute Gasteiger partial charge is 0.256 e. The summed E-state index contributed by atoms with van der Waals surface area (Å²) >= 11 is 0. The zero-order chi connectivity index (χ0) is 18.6. The second-order valence-corrected chi connectivity index (χ2v) is 7.76. The molecule has 1 aromatic heterocycles. The number of hydrogen-bond donors (Lipinski definition) is 1. The summed E-state index contributed by atoms with van der Waals surface area (Å²) in [6.45, 7) is 13.1.